The van der Waals surface area contributed by atoms with Crippen LogP contribution >= 0.6 is 15.9 Å². The van der Waals surface area contributed by atoms with E-state index < -0.39 is 5.91 Å². The predicted octanol–water partition coefficient (Wildman–Crippen LogP) is 3.75. The molecule has 5 nitrogen and oxygen atoms in total. The summed E-state index contributed by atoms with van der Waals surface area (Å²) in [6.07, 6.45) is 1.58. The second-order valence-electron chi connectivity index (χ2n) is 5.81. The molecule has 2 aromatic carbocycles. The van der Waals surface area contributed by atoms with Gasteiger partial charge in [-0.25, -0.2) is 0 Å². The van der Waals surface area contributed by atoms with Crippen molar-refractivity contribution in [3.63, 3.8) is 0 Å². The van der Waals surface area contributed by atoms with E-state index in [1.165, 1.54) is 0 Å². The predicted molar refractivity (Wildman–Crippen MR) is 107 cm³/mol. The number of rotatable bonds is 6. The number of methoxy groups -OCH3 is 1. The Bertz CT molecular complexity index is 852. The van der Waals surface area contributed by atoms with Gasteiger partial charge in [0, 0.05) is 25.1 Å². The summed E-state index contributed by atoms with van der Waals surface area (Å²) in [5, 5.41) is 12.1. The Labute approximate surface area is 162 Å². The molecular weight excluding hydrogens is 394 g/mol. The average Bonchev–Trinajstić information content (AvgIpc) is 2.64. The number of nitrogens with zero attached hydrogens (tertiary/aromatic N) is 2. The first-order valence-electron chi connectivity index (χ1n) is 7.94. The molecule has 2 aromatic rings. The van der Waals surface area contributed by atoms with E-state index in [-0.39, 0.29) is 5.57 Å². The van der Waals surface area contributed by atoms with Crippen molar-refractivity contribution in [2.75, 3.05) is 26.1 Å². The molecule has 0 unspecified atom stereocenters. The Hall–Kier alpha value is -2.78. The van der Waals surface area contributed by atoms with Gasteiger partial charge in [-0.15, -0.1) is 0 Å². The molecular formula is C20H20BrN3O2. The largest absolute Gasteiger partial charge is 0.497 e. The first-order valence-corrected chi connectivity index (χ1v) is 8.73. The van der Waals surface area contributed by atoms with Crippen LogP contribution in [0.5, 0.6) is 5.75 Å². The highest BCUT2D eigenvalue weighted by Gasteiger charge is 2.10. The molecule has 0 aliphatic carbocycles. The second-order valence-corrected chi connectivity index (χ2v) is 6.66. The van der Waals surface area contributed by atoms with E-state index in [2.05, 4.69) is 21.2 Å². The van der Waals surface area contributed by atoms with Crippen molar-refractivity contribution in [2.24, 2.45) is 0 Å². The highest BCUT2D eigenvalue weighted by molar-refractivity contribution is 9.10. The molecule has 134 valence electrons. The third kappa shape index (κ3) is 5.11. The Morgan fingerprint density at radius 1 is 1.27 bits per heavy atom. The number of anilines is 1. The molecule has 0 radical (unpaired) electrons. The average molecular weight is 414 g/mol. The zero-order valence-corrected chi connectivity index (χ0v) is 16.5. The minimum Gasteiger partial charge on any atom is -0.497 e. The fourth-order valence-corrected chi connectivity index (χ4v) is 3.06. The summed E-state index contributed by atoms with van der Waals surface area (Å²) in [7, 11) is 5.50. The maximum atomic E-state index is 12.3. The van der Waals surface area contributed by atoms with Crippen LogP contribution in [-0.2, 0) is 11.3 Å². The van der Waals surface area contributed by atoms with Crippen LogP contribution in [0.15, 0.2) is 52.5 Å². The molecule has 1 N–H and O–H groups in total. The fourth-order valence-electron chi connectivity index (χ4n) is 2.31. The molecule has 6 heteroatoms. The number of nitriles is 1. The number of hydrogen-bond acceptors (Lipinski definition) is 4. The van der Waals surface area contributed by atoms with Crippen molar-refractivity contribution >= 4 is 33.6 Å². The summed E-state index contributed by atoms with van der Waals surface area (Å²) < 4.78 is 6.00. The van der Waals surface area contributed by atoms with Gasteiger partial charge < -0.3 is 15.0 Å². The highest BCUT2D eigenvalue weighted by atomic mass is 79.9. The molecule has 2 rings (SSSR count). The standard InChI is InChI=1S/C20H20BrN3O2/c1-24(2)19-9-6-15(11-18(19)21)10-16(12-22)20(25)23-13-14-4-7-17(26-3)8-5-14/h4-11H,13H2,1-3H3,(H,23,25)/b16-10+. The minimum absolute atomic E-state index is 0.0583. The van der Waals surface area contributed by atoms with Crippen LogP contribution in [0.3, 0.4) is 0 Å². The van der Waals surface area contributed by atoms with Crippen molar-refractivity contribution in [3.05, 3.63) is 63.6 Å². The number of carbonyl (C=O) groups is 1. The van der Waals surface area contributed by atoms with Crippen LogP contribution in [0.4, 0.5) is 5.69 Å². The van der Waals surface area contributed by atoms with Gasteiger partial charge in [0.05, 0.1) is 12.8 Å². The van der Waals surface area contributed by atoms with Crippen LogP contribution in [0, 0.1) is 11.3 Å². The van der Waals surface area contributed by atoms with E-state index in [0.717, 1.165) is 27.0 Å². The van der Waals surface area contributed by atoms with E-state index in [0.29, 0.717) is 6.54 Å². The number of benzene rings is 2. The molecule has 26 heavy (non-hydrogen) atoms. The number of nitrogens with one attached hydrogen (secondary N) is 1. The van der Waals surface area contributed by atoms with E-state index in [9.17, 15) is 10.1 Å². The lowest BCUT2D eigenvalue weighted by molar-refractivity contribution is -0.117. The molecule has 1 amide bonds. The molecule has 0 aliphatic heterocycles. The first kappa shape index (κ1) is 19.5. The van der Waals surface area contributed by atoms with Crippen LogP contribution in [0.2, 0.25) is 0 Å². The quantitative estimate of drug-likeness (QED) is 0.578. The van der Waals surface area contributed by atoms with Crippen molar-refractivity contribution in [3.8, 4) is 11.8 Å². The molecule has 0 saturated carbocycles. The molecule has 0 bridgehead atoms. The van der Waals surface area contributed by atoms with E-state index in [4.69, 9.17) is 4.74 Å². The van der Waals surface area contributed by atoms with Crippen LogP contribution < -0.4 is 15.0 Å². The normalized spacial score (nSPS) is 10.8. The molecule has 0 atom stereocenters. The Balaban J connectivity index is 2.09. The Morgan fingerprint density at radius 3 is 2.50 bits per heavy atom. The number of hydrogen-bond donors (Lipinski definition) is 1. The second kappa shape index (κ2) is 9.07. The maximum Gasteiger partial charge on any atom is 0.262 e. The van der Waals surface area contributed by atoms with Crippen LogP contribution in [-0.4, -0.2) is 27.1 Å². The Kier molecular flexibility index (Phi) is 6.81. The van der Waals surface area contributed by atoms with Gasteiger partial charge in [-0.05, 0) is 57.4 Å². The number of carbonyl (C=O) groups excluding carboxylic acids is 1. The highest BCUT2D eigenvalue weighted by Crippen LogP contribution is 2.26. The van der Waals surface area contributed by atoms with E-state index in [1.807, 2.05) is 67.5 Å². The fraction of sp³-hybridized carbons (Fsp3) is 0.200. The lowest BCUT2D eigenvalue weighted by atomic mass is 10.1. The summed E-state index contributed by atoms with van der Waals surface area (Å²) in [4.78, 5) is 14.3. The van der Waals surface area contributed by atoms with Gasteiger partial charge in [-0.3, -0.25) is 4.79 Å². The van der Waals surface area contributed by atoms with Gasteiger partial charge >= 0.3 is 0 Å². The first-order chi connectivity index (χ1) is 12.4. The number of amides is 1. The van der Waals surface area contributed by atoms with Gasteiger partial charge in [0.1, 0.15) is 17.4 Å². The summed E-state index contributed by atoms with van der Waals surface area (Å²) in [6.45, 7) is 0.338. The summed E-state index contributed by atoms with van der Waals surface area (Å²) in [6, 6.07) is 15.0. The van der Waals surface area contributed by atoms with Gasteiger partial charge in [-0.2, -0.15) is 5.26 Å². The minimum atomic E-state index is -0.406. The number of ether oxygens (including phenoxy) is 1. The SMILES string of the molecule is COc1ccc(CNC(=O)/C(C#N)=C/c2ccc(N(C)C)c(Br)c2)cc1. The monoisotopic (exact) mass is 413 g/mol. The van der Waals surface area contributed by atoms with Crippen molar-refractivity contribution in [1.29, 1.82) is 5.26 Å². The van der Waals surface area contributed by atoms with Crippen molar-refractivity contribution < 1.29 is 9.53 Å². The molecule has 0 aliphatic rings. The number of halogens is 1. The van der Waals surface area contributed by atoms with Crippen molar-refractivity contribution in [2.45, 2.75) is 6.54 Å². The zero-order chi connectivity index (χ0) is 19.1. The van der Waals surface area contributed by atoms with E-state index >= 15 is 0 Å². The summed E-state index contributed by atoms with van der Waals surface area (Å²) in [5.74, 6) is 0.348. The maximum absolute atomic E-state index is 12.3. The molecule has 0 spiro atoms. The third-order valence-corrected chi connectivity index (χ3v) is 4.38. The smallest absolute Gasteiger partial charge is 0.262 e. The summed E-state index contributed by atoms with van der Waals surface area (Å²) in [5.41, 5.74) is 2.78. The lowest BCUT2D eigenvalue weighted by Gasteiger charge is -2.14. The Morgan fingerprint density at radius 2 is 1.96 bits per heavy atom. The van der Waals surface area contributed by atoms with Gasteiger partial charge in [0.25, 0.3) is 5.91 Å². The van der Waals surface area contributed by atoms with Gasteiger partial charge in [0.2, 0.25) is 0 Å². The molecule has 0 heterocycles. The van der Waals surface area contributed by atoms with E-state index in [1.54, 1.807) is 13.2 Å². The molecule has 0 fully saturated rings. The molecule has 0 saturated heterocycles. The van der Waals surface area contributed by atoms with Crippen molar-refractivity contribution in [1.82, 2.24) is 5.32 Å². The third-order valence-electron chi connectivity index (χ3n) is 3.74. The zero-order valence-electron chi connectivity index (χ0n) is 14.9. The van der Waals surface area contributed by atoms with Crippen LogP contribution in [0.25, 0.3) is 6.08 Å². The lowest BCUT2D eigenvalue weighted by Crippen LogP contribution is -2.23. The van der Waals surface area contributed by atoms with Gasteiger partial charge in [-0.1, -0.05) is 18.2 Å². The van der Waals surface area contributed by atoms with Crippen LogP contribution in [0.1, 0.15) is 11.1 Å². The topological polar surface area (TPSA) is 65.4 Å². The van der Waals surface area contributed by atoms with Gasteiger partial charge in [0.15, 0.2) is 0 Å². The molecule has 0 aromatic heterocycles. The summed E-state index contributed by atoms with van der Waals surface area (Å²) >= 11 is 3.51.